The van der Waals surface area contributed by atoms with Crippen LogP contribution in [0, 0.1) is 5.92 Å². The standard InChI is InChI=1S/C12H14O2/c1-10(12(13)14-2)8-9-11-6-4-3-5-7-11/h3-10H,1-2H3/b9-8+/t10-/m0/s1. The van der Waals surface area contributed by atoms with Gasteiger partial charge in [0.2, 0.25) is 0 Å². The lowest BCUT2D eigenvalue weighted by Gasteiger charge is -2.02. The minimum Gasteiger partial charge on any atom is -0.469 e. The van der Waals surface area contributed by atoms with E-state index in [1.54, 1.807) is 0 Å². The van der Waals surface area contributed by atoms with Crippen molar-refractivity contribution >= 4 is 12.0 Å². The Kier molecular flexibility index (Phi) is 3.92. The average molecular weight is 190 g/mol. The molecule has 0 aliphatic rings. The van der Waals surface area contributed by atoms with Crippen molar-refractivity contribution in [1.82, 2.24) is 0 Å². The summed E-state index contributed by atoms with van der Waals surface area (Å²) in [7, 11) is 1.40. The first kappa shape index (κ1) is 10.5. The maximum Gasteiger partial charge on any atom is 0.312 e. The van der Waals surface area contributed by atoms with Crippen molar-refractivity contribution < 1.29 is 9.53 Å². The molecular weight excluding hydrogens is 176 g/mol. The molecule has 0 saturated heterocycles. The third-order valence-corrected chi connectivity index (χ3v) is 1.95. The van der Waals surface area contributed by atoms with E-state index in [2.05, 4.69) is 4.74 Å². The molecule has 2 nitrogen and oxygen atoms in total. The number of methoxy groups -OCH3 is 1. The van der Waals surface area contributed by atoms with Gasteiger partial charge in [-0.2, -0.15) is 0 Å². The molecule has 2 heteroatoms. The Morgan fingerprint density at radius 2 is 2.00 bits per heavy atom. The zero-order chi connectivity index (χ0) is 10.4. The van der Waals surface area contributed by atoms with Crippen LogP contribution in [0.4, 0.5) is 0 Å². The van der Waals surface area contributed by atoms with Crippen LogP contribution in [0.3, 0.4) is 0 Å². The Balaban J connectivity index is 2.60. The molecule has 1 atom stereocenters. The summed E-state index contributed by atoms with van der Waals surface area (Å²) in [5, 5.41) is 0. The SMILES string of the molecule is COC(=O)[C@@H](C)/C=C/c1ccccc1. The van der Waals surface area contributed by atoms with E-state index in [1.807, 2.05) is 49.4 Å². The van der Waals surface area contributed by atoms with Crippen molar-refractivity contribution in [2.45, 2.75) is 6.92 Å². The summed E-state index contributed by atoms with van der Waals surface area (Å²) in [6.07, 6.45) is 3.75. The fourth-order valence-electron chi connectivity index (χ4n) is 1.08. The molecule has 0 saturated carbocycles. The number of esters is 1. The highest BCUT2D eigenvalue weighted by Gasteiger charge is 2.07. The van der Waals surface area contributed by atoms with Crippen LogP contribution in [0.1, 0.15) is 12.5 Å². The van der Waals surface area contributed by atoms with E-state index >= 15 is 0 Å². The molecule has 0 N–H and O–H groups in total. The van der Waals surface area contributed by atoms with Crippen LogP contribution >= 0.6 is 0 Å². The molecule has 1 aromatic rings. The fraction of sp³-hybridized carbons (Fsp3) is 0.250. The van der Waals surface area contributed by atoms with Crippen LogP contribution in [0.5, 0.6) is 0 Å². The van der Waals surface area contributed by atoms with Crippen LogP contribution < -0.4 is 0 Å². The molecule has 0 radical (unpaired) electrons. The lowest BCUT2D eigenvalue weighted by atomic mass is 10.1. The van der Waals surface area contributed by atoms with Gasteiger partial charge in [0.05, 0.1) is 13.0 Å². The van der Waals surface area contributed by atoms with E-state index in [-0.39, 0.29) is 11.9 Å². The average Bonchev–Trinajstić information content (AvgIpc) is 2.26. The van der Waals surface area contributed by atoms with Gasteiger partial charge < -0.3 is 4.74 Å². The molecule has 0 heterocycles. The van der Waals surface area contributed by atoms with Crippen LogP contribution in [0.25, 0.3) is 6.08 Å². The topological polar surface area (TPSA) is 26.3 Å². The molecule has 0 aromatic heterocycles. The molecule has 1 rings (SSSR count). The van der Waals surface area contributed by atoms with E-state index in [0.29, 0.717) is 0 Å². The Labute approximate surface area is 84.2 Å². The zero-order valence-corrected chi connectivity index (χ0v) is 8.44. The third kappa shape index (κ3) is 3.05. The van der Waals surface area contributed by atoms with Crippen molar-refractivity contribution in [1.29, 1.82) is 0 Å². The summed E-state index contributed by atoms with van der Waals surface area (Å²) in [5.41, 5.74) is 1.09. The molecule has 0 spiro atoms. The van der Waals surface area contributed by atoms with Crippen LogP contribution in [0.15, 0.2) is 36.4 Å². The molecule has 14 heavy (non-hydrogen) atoms. The Morgan fingerprint density at radius 1 is 1.36 bits per heavy atom. The van der Waals surface area contributed by atoms with Crippen molar-refractivity contribution in [2.24, 2.45) is 5.92 Å². The predicted molar refractivity (Wildman–Crippen MR) is 56.7 cm³/mol. The van der Waals surface area contributed by atoms with Gasteiger partial charge in [0.1, 0.15) is 0 Å². The highest BCUT2D eigenvalue weighted by atomic mass is 16.5. The third-order valence-electron chi connectivity index (χ3n) is 1.95. The van der Waals surface area contributed by atoms with Crippen LogP contribution in [-0.4, -0.2) is 13.1 Å². The first-order chi connectivity index (χ1) is 6.74. The number of hydrogen-bond donors (Lipinski definition) is 0. The van der Waals surface area contributed by atoms with Crippen molar-refractivity contribution in [3.05, 3.63) is 42.0 Å². The smallest absolute Gasteiger partial charge is 0.312 e. The number of carbonyl (C=O) groups excluding carboxylic acids is 1. The van der Waals surface area contributed by atoms with Gasteiger partial charge in [0.25, 0.3) is 0 Å². The summed E-state index contributed by atoms with van der Waals surface area (Å²) in [6, 6.07) is 9.85. The van der Waals surface area contributed by atoms with Crippen LogP contribution in [-0.2, 0) is 9.53 Å². The highest BCUT2D eigenvalue weighted by molar-refractivity contribution is 5.75. The number of benzene rings is 1. The van der Waals surface area contributed by atoms with E-state index in [0.717, 1.165) is 5.56 Å². The van der Waals surface area contributed by atoms with Gasteiger partial charge in [-0.25, -0.2) is 0 Å². The minimum atomic E-state index is -0.211. The Bertz CT molecular complexity index is 314. The molecule has 0 aliphatic heterocycles. The normalized spacial score (nSPS) is 12.7. The first-order valence-electron chi connectivity index (χ1n) is 4.55. The zero-order valence-electron chi connectivity index (χ0n) is 8.44. The summed E-state index contributed by atoms with van der Waals surface area (Å²) in [4.78, 5) is 11.1. The van der Waals surface area contributed by atoms with Gasteiger partial charge in [0, 0.05) is 0 Å². The largest absolute Gasteiger partial charge is 0.469 e. The molecule has 0 amide bonds. The molecule has 74 valence electrons. The molecule has 0 fully saturated rings. The van der Waals surface area contributed by atoms with Crippen molar-refractivity contribution in [3.63, 3.8) is 0 Å². The second kappa shape index (κ2) is 5.22. The van der Waals surface area contributed by atoms with Gasteiger partial charge >= 0.3 is 5.97 Å². The van der Waals surface area contributed by atoms with Gasteiger partial charge in [-0.1, -0.05) is 42.5 Å². The lowest BCUT2D eigenvalue weighted by molar-refractivity contribution is -0.143. The fourth-order valence-corrected chi connectivity index (χ4v) is 1.08. The summed E-state index contributed by atoms with van der Waals surface area (Å²) in [5.74, 6) is -0.405. The number of hydrogen-bond acceptors (Lipinski definition) is 2. The maximum atomic E-state index is 11.1. The monoisotopic (exact) mass is 190 g/mol. The van der Waals surface area contributed by atoms with E-state index < -0.39 is 0 Å². The van der Waals surface area contributed by atoms with E-state index in [4.69, 9.17) is 0 Å². The number of rotatable bonds is 3. The summed E-state index contributed by atoms with van der Waals surface area (Å²) >= 11 is 0. The predicted octanol–water partition coefficient (Wildman–Crippen LogP) is 2.51. The lowest BCUT2D eigenvalue weighted by Crippen LogP contribution is -2.09. The number of carbonyl (C=O) groups is 1. The second-order valence-electron chi connectivity index (χ2n) is 3.08. The van der Waals surface area contributed by atoms with Gasteiger partial charge in [-0.3, -0.25) is 4.79 Å². The quantitative estimate of drug-likeness (QED) is 0.684. The first-order valence-corrected chi connectivity index (χ1v) is 4.55. The highest BCUT2D eigenvalue weighted by Crippen LogP contribution is 2.06. The van der Waals surface area contributed by atoms with Gasteiger partial charge in [-0.05, 0) is 12.5 Å². The van der Waals surface area contributed by atoms with Gasteiger partial charge in [0.15, 0.2) is 0 Å². The number of ether oxygens (including phenoxy) is 1. The summed E-state index contributed by atoms with van der Waals surface area (Å²) < 4.78 is 4.61. The van der Waals surface area contributed by atoms with Crippen LogP contribution in [0.2, 0.25) is 0 Å². The second-order valence-corrected chi connectivity index (χ2v) is 3.08. The maximum absolute atomic E-state index is 11.1. The van der Waals surface area contributed by atoms with Crippen molar-refractivity contribution in [3.8, 4) is 0 Å². The molecule has 0 aliphatic carbocycles. The van der Waals surface area contributed by atoms with E-state index in [1.165, 1.54) is 7.11 Å². The molecule has 1 aromatic carbocycles. The Hall–Kier alpha value is -1.57. The van der Waals surface area contributed by atoms with Crippen molar-refractivity contribution in [2.75, 3.05) is 7.11 Å². The molecule has 0 unspecified atom stereocenters. The minimum absolute atomic E-state index is 0.194. The molecular formula is C12H14O2. The molecule has 0 bridgehead atoms. The van der Waals surface area contributed by atoms with Gasteiger partial charge in [-0.15, -0.1) is 0 Å². The van der Waals surface area contributed by atoms with E-state index in [9.17, 15) is 4.79 Å². The Morgan fingerprint density at radius 3 is 2.57 bits per heavy atom. The summed E-state index contributed by atoms with van der Waals surface area (Å²) in [6.45, 7) is 1.81.